The molecule has 3 aromatic rings. The second-order valence-corrected chi connectivity index (χ2v) is 7.31. The molecule has 3 heterocycles. The summed E-state index contributed by atoms with van der Waals surface area (Å²) in [7, 11) is 2.06. The lowest BCUT2D eigenvalue weighted by Crippen LogP contribution is -2.21. The van der Waals surface area contributed by atoms with Crippen LogP contribution < -0.4 is 10.1 Å². The number of aromatic hydroxyl groups is 1. The van der Waals surface area contributed by atoms with E-state index in [2.05, 4.69) is 43.8 Å². The van der Waals surface area contributed by atoms with Crippen molar-refractivity contribution in [3.8, 4) is 11.6 Å². The van der Waals surface area contributed by atoms with E-state index in [9.17, 15) is 5.11 Å². The molecule has 1 aliphatic rings. The van der Waals surface area contributed by atoms with E-state index in [0.29, 0.717) is 29.0 Å². The zero-order chi connectivity index (χ0) is 20.9. The lowest BCUT2D eigenvalue weighted by atomic mass is 10.2. The molecule has 0 atom stereocenters. The maximum absolute atomic E-state index is 10.4. The number of rotatable bonds is 0. The van der Waals surface area contributed by atoms with Gasteiger partial charge in [-0.05, 0) is 31.4 Å². The van der Waals surface area contributed by atoms with Crippen molar-refractivity contribution in [1.29, 1.82) is 0 Å². The van der Waals surface area contributed by atoms with Gasteiger partial charge in [-0.1, -0.05) is 12.6 Å². The van der Waals surface area contributed by atoms with Crippen molar-refractivity contribution in [1.82, 2.24) is 19.9 Å². The number of aromatic nitrogens is 3. The van der Waals surface area contributed by atoms with Crippen LogP contribution in [0.1, 0.15) is 24.8 Å². The van der Waals surface area contributed by atoms with Crippen LogP contribution in [0.15, 0.2) is 47.9 Å². The number of benzene rings is 1. The minimum Gasteiger partial charge on any atom is -0.494 e. The fraction of sp³-hybridized carbons (Fsp3) is 0.318. The van der Waals surface area contributed by atoms with Gasteiger partial charge in [-0.15, -0.1) is 0 Å². The molecular weight excluding hydrogens is 380 g/mol. The first-order valence-electron chi connectivity index (χ1n) is 10.1. The molecule has 0 fully saturated rings. The fourth-order valence-electron chi connectivity index (χ4n) is 3.42. The van der Waals surface area contributed by atoms with Gasteiger partial charge in [0.15, 0.2) is 5.88 Å². The third kappa shape index (κ3) is 4.37. The number of H-pyrrole nitrogens is 1. The quantitative estimate of drug-likeness (QED) is 0.525. The van der Waals surface area contributed by atoms with Crippen molar-refractivity contribution in [2.45, 2.75) is 19.3 Å². The Morgan fingerprint density at radius 3 is 3.03 bits per heavy atom. The third-order valence-corrected chi connectivity index (χ3v) is 5.15. The molecule has 3 N–H and O–H groups in total. The molecule has 2 bridgehead atoms. The standard InChI is InChI=1S/C22H26N6O2/c1-15-6-4-11-30-17-8-3-7-16(12-17)24-13-18-19-20(23-9-5-10-28(15)2)25-14-26-21(19)27-22(18)29/h3,7-8,12-14,29H,1,4-6,9-11H2,2H3,(H2,23,25,26,27). The highest BCUT2D eigenvalue weighted by Crippen LogP contribution is 2.30. The summed E-state index contributed by atoms with van der Waals surface area (Å²) in [6.07, 6.45) is 5.81. The molecule has 4 rings (SSSR count). The lowest BCUT2D eigenvalue weighted by molar-refractivity contribution is 0.301. The van der Waals surface area contributed by atoms with Crippen LogP contribution in [-0.2, 0) is 0 Å². The normalized spacial score (nSPS) is 15.9. The van der Waals surface area contributed by atoms with Crippen LogP contribution in [0.5, 0.6) is 11.6 Å². The van der Waals surface area contributed by atoms with Gasteiger partial charge in [-0.25, -0.2) is 9.97 Å². The number of allylic oxidation sites excluding steroid dienone is 1. The monoisotopic (exact) mass is 406 g/mol. The van der Waals surface area contributed by atoms with Crippen LogP contribution in [-0.4, -0.2) is 57.9 Å². The Kier molecular flexibility index (Phi) is 5.83. The average Bonchev–Trinajstić information content (AvgIpc) is 3.07. The van der Waals surface area contributed by atoms with Crippen LogP contribution in [0.4, 0.5) is 11.5 Å². The smallest absolute Gasteiger partial charge is 0.199 e. The number of hydrogen-bond donors (Lipinski definition) is 3. The number of aromatic amines is 1. The molecule has 0 saturated carbocycles. The topological polar surface area (TPSA) is 98.7 Å². The van der Waals surface area contributed by atoms with Gasteiger partial charge in [-0.3, -0.25) is 4.99 Å². The van der Waals surface area contributed by atoms with E-state index < -0.39 is 0 Å². The van der Waals surface area contributed by atoms with E-state index in [1.807, 2.05) is 24.3 Å². The predicted molar refractivity (Wildman–Crippen MR) is 119 cm³/mol. The molecular formula is C22H26N6O2. The van der Waals surface area contributed by atoms with Gasteiger partial charge >= 0.3 is 0 Å². The Morgan fingerprint density at radius 2 is 2.13 bits per heavy atom. The van der Waals surface area contributed by atoms with Gasteiger partial charge in [0.2, 0.25) is 0 Å². The van der Waals surface area contributed by atoms with E-state index in [4.69, 9.17) is 4.74 Å². The molecule has 8 heteroatoms. The van der Waals surface area contributed by atoms with E-state index in [1.54, 1.807) is 6.21 Å². The molecule has 1 aromatic carbocycles. The summed E-state index contributed by atoms with van der Waals surface area (Å²) in [6, 6.07) is 7.58. The molecule has 1 aliphatic heterocycles. The maximum Gasteiger partial charge on any atom is 0.199 e. The summed E-state index contributed by atoms with van der Waals surface area (Å²) < 4.78 is 5.88. The van der Waals surface area contributed by atoms with Gasteiger partial charge in [0.1, 0.15) is 23.5 Å². The minimum absolute atomic E-state index is 0.00939. The van der Waals surface area contributed by atoms with E-state index in [-0.39, 0.29) is 5.88 Å². The summed E-state index contributed by atoms with van der Waals surface area (Å²) in [5.41, 5.74) is 2.94. The van der Waals surface area contributed by atoms with Crippen LogP contribution in [0.2, 0.25) is 0 Å². The van der Waals surface area contributed by atoms with Crippen molar-refractivity contribution in [3.63, 3.8) is 0 Å². The van der Waals surface area contributed by atoms with Crippen molar-refractivity contribution in [2.24, 2.45) is 4.99 Å². The maximum atomic E-state index is 10.4. The molecule has 30 heavy (non-hydrogen) atoms. The number of ether oxygens (including phenoxy) is 1. The van der Waals surface area contributed by atoms with Crippen molar-refractivity contribution >= 4 is 28.8 Å². The van der Waals surface area contributed by atoms with Gasteiger partial charge in [-0.2, -0.15) is 0 Å². The largest absolute Gasteiger partial charge is 0.494 e. The van der Waals surface area contributed by atoms with Crippen molar-refractivity contribution in [2.75, 3.05) is 32.1 Å². The molecule has 0 spiro atoms. The van der Waals surface area contributed by atoms with Crippen LogP contribution in [0.25, 0.3) is 11.0 Å². The Morgan fingerprint density at radius 1 is 1.23 bits per heavy atom. The Hall–Kier alpha value is -3.55. The summed E-state index contributed by atoms with van der Waals surface area (Å²) in [4.78, 5) is 18.2. The highest BCUT2D eigenvalue weighted by Gasteiger charge is 2.15. The first kappa shape index (κ1) is 19.8. The van der Waals surface area contributed by atoms with Crippen LogP contribution in [0, 0.1) is 0 Å². The average molecular weight is 406 g/mol. The number of nitrogens with zero attached hydrogens (tertiary/aromatic N) is 4. The first-order chi connectivity index (χ1) is 14.6. The number of fused-ring (bicyclic) bond motifs is 2. The second kappa shape index (κ2) is 8.86. The summed E-state index contributed by atoms with van der Waals surface area (Å²) in [5, 5.41) is 14.5. The predicted octanol–water partition coefficient (Wildman–Crippen LogP) is 3.83. The Labute approximate surface area is 175 Å². The zero-order valence-corrected chi connectivity index (χ0v) is 17.1. The molecule has 0 radical (unpaired) electrons. The summed E-state index contributed by atoms with van der Waals surface area (Å²) in [6.45, 7) is 6.43. The van der Waals surface area contributed by atoms with Crippen molar-refractivity contribution < 1.29 is 9.84 Å². The van der Waals surface area contributed by atoms with Gasteiger partial charge in [0.25, 0.3) is 0 Å². The van der Waals surface area contributed by atoms with Gasteiger partial charge in [0.05, 0.1) is 23.2 Å². The van der Waals surface area contributed by atoms with E-state index in [0.717, 1.165) is 49.5 Å². The fourth-order valence-corrected chi connectivity index (χ4v) is 3.42. The van der Waals surface area contributed by atoms with Crippen LogP contribution >= 0.6 is 0 Å². The molecule has 0 aliphatic carbocycles. The highest BCUT2D eigenvalue weighted by molar-refractivity contribution is 6.06. The molecule has 8 nitrogen and oxygen atoms in total. The number of aliphatic imine (C=N–C) groups is 1. The molecule has 0 saturated heterocycles. The summed E-state index contributed by atoms with van der Waals surface area (Å²) >= 11 is 0. The van der Waals surface area contributed by atoms with Crippen molar-refractivity contribution in [3.05, 3.63) is 48.4 Å². The lowest BCUT2D eigenvalue weighted by Gasteiger charge is -2.22. The summed E-state index contributed by atoms with van der Waals surface area (Å²) in [5.74, 6) is 1.44. The van der Waals surface area contributed by atoms with Crippen LogP contribution in [0.3, 0.4) is 0 Å². The third-order valence-electron chi connectivity index (χ3n) is 5.15. The van der Waals surface area contributed by atoms with Gasteiger partial charge < -0.3 is 25.0 Å². The SMILES string of the molecule is C=C1CCCOc2cccc(c2)N=Cc2c(O)[nH]c3ncnc(c23)NCCCN1C. The molecule has 0 unspecified atom stereocenters. The number of hydrogen-bond acceptors (Lipinski definition) is 7. The van der Waals surface area contributed by atoms with Gasteiger partial charge in [0, 0.05) is 38.1 Å². The van der Waals surface area contributed by atoms with E-state index in [1.165, 1.54) is 6.33 Å². The highest BCUT2D eigenvalue weighted by atomic mass is 16.5. The number of nitrogens with one attached hydrogen (secondary N) is 2. The first-order valence-corrected chi connectivity index (χ1v) is 10.1. The Bertz CT molecular complexity index is 1070. The minimum atomic E-state index is 0.00939. The van der Waals surface area contributed by atoms with E-state index >= 15 is 0 Å². The number of anilines is 1. The Balaban J connectivity index is 1.69. The zero-order valence-electron chi connectivity index (χ0n) is 17.1. The second-order valence-electron chi connectivity index (χ2n) is 7.31. The molecule has 156 valence electrons. The molecule has 2 aromatic heterocycles. The molecule has 0 amide bonds.